The average Bonchev–Trinajstić information content (AvgIpc) is 2.84. The van der Waals surface area contributed by atoms with Crippen LogP contribution >= 0.6 is 0 Å². The summed E-state index contributed by atoms with van der Waals surface area (Å²) in [5.74, 6) is 0.0173. The zero-order valence-corrected chi connectivity index (χ0v) is 11.7. The highest BCUT2D eigenvalue weighted by molar-refractivity contribution is 5.91. The molecule has 1 aromatic rings. The number of aromatic nitrogens is 3. The lowest BCUT2D eigenvalue weighted by atomic mass is 10.3. The summed E-state index contributed by atoms with van der Waals surface area (Å²) in [7, 11) is 3.71. The normalized spacial score (nSPS) is 15.8. The zero-order chi connectivity index (χ0) is 14.7. The standard InChI is InChI=1S/C11H19N7O2/c1-16(2)7-8(19)17-3-5-18(6-4-17)10(20)9-13-11(12)15-14-9/h3-7H2,1-2H3,(H3,12,13,14,15). The zero-order valence-electron chi connectivity index (χ0n) is 11.7. The molecule has 0 saturated carbocycles. The predicted octanol–water partition coefficient (Wildman–Crippen LogP) is -1.77. The molecule has 2 rings (SSSR count). The number of piperazine rings is 1. The third-order valence-corrected chi connectivity index (χ3v) is 3.08. The fourth-order valence-corrected chi connectivity index (χ4v) is 2.05. The van der Waals surface area contributed by atoms with Crippen molar-refractivity contribution in [2.75, 3.05) is 52.6 Å². The summed E-state index contributed by atoms with van der Waals surface area (Å²) in [5.41, 5.74) is 5.37. The number of nitrogens with two attached hydrogens (primary N) is 1. The molecule has 3 N–H and O–H groups in total. The summed E-state index contributed by atoms with van der Waals surface area (Å²) >= 11 is 0. The van der Waals surface area contributed by atoms with E-state index in [-0.39, 0.29) is 23.6 Å². The maximum atomic E-state index is 12.1. The third-order valence-electron chi connectivity index (χ3n) is 3.08. The van der Waals surface area contributed by atoms with Gasteiger partial charge in [-0.15, -0.1) is 5.10 Å². The molecule has 1 saturated heterocycles. The smallest absolute Gasteiger partial charge is 0.291 e. The number of aromatic amines is 1. The molecule has 0 aromatic carbocycles. The Morgan fingerprint density at radius 3 is 2.35 bits per heavy atom. The van der Waals surface area contributed by atoms with Crippen LogP contribution in [0.5, 0.6) is 0 Å². The maximum absolute atomic E-state index is 12.1. The first-order valence-corrected chi connectivity index (χ1v) is 6.37. The van der Waals surface area contributed by atoms with Crippen LogP contribution in [0.25, 0.3) is 0 Å². The molecule has 1 aliphatic heterocycles. The van der Waals surface area contributed by atoms with Gasteiger partial charge in [-0.3, -0.25) is 14.7 Å². The van der Waals surface area contributed by atoms with E-state index in [2.05, 4.69) is 15.2 Å². The van der Waals surface area contributed by atoms with Crippen LogP contribution in [0.1, 0.15) is 10.6 Å². The molecule has 20 heavy (non-hydrogen) atoms. The summed E-state index contributed by atoms with van der Waals surface area (Å²) in [6, 6.07) is 0. The molecule has 0 radical (unpaired) electrons. The predicted molar refractivity (Wildman–Crippen MR) is 71.8 cm³/mol. The summed E-state index contributed by atoms with van der Waals surface area (Å²) in [5, 5.41) is 6.13. The second kappa shape index (κ2) is 5.87. The van der Waals surface area contributed by atoms with Gasteiger partial charge in [0.25, 0.3) is 5.91 Å². The van der Waals surface area contributed by atoms with Crippen LogP contribution < -0.4 is 5.73 Å². The van der Waals surface area contributed by atoms with Crippen LogP contribution in [0, 0.1) is 0 Å². The number of H-pyrrole nitrogens is 1. The summed E-state index contributed by atoms with van der Waals surface area (Å²) in [6.07, 6.45) is 0. The molecular weight excluding hydrogens is 262 g/mol. The van der Waals surface area contributed by atoms with Crippen molar-refractivity contribution in [2.24, 2.45) is 0 Å². The van der Waals surface area contributed by atoms with Crippen LogP contribution in [0.15, 0.2) is 0 Å². The van der Waals surface area contributed by atoms with Gasteiger partial charge < -0.3 is 20.4 Å². The van der Waals surface area contributed by atoms with Gasteiger partial charge in [0.2, 0.25) is 17.7 Å². The van der Waals surface area contributed by atoms with Crippen molar-refractivity contribution in [1.29, 1.82) is 0 Å². The summed E-state index contributed by atoms with van der Waals surface area (Å²) in [6.45, 7) is 2.41. The van der Waals surface area contributed by atoms with E-state index in [0.717, 1.165) is 0 Å². The molecule has 0 spiro atoms. The molecule has 0 bridgehead atoms. The van der Waals surface area contributed by atoms with Crippen LogP contribution in [0.4, 0.5) is 5.95 Å². The fraction of sp³-hybridized carbons (Fsp3) is 0.636. The van der Waals surface area contributed by atoms with Gasteiger partial charge >= 0.3 is 0 Å². The highest BCUT2D eigenvalue weighted by atomic mass is 16.2. The number of anilines is 1. The molecule has 0 aliphatic carbocycles. The number of nitrogens with one attached hydrogen (secondary N) is 1. The fourth-order valence-electron chi connectivity index (χ4n) is 2.05. The maximum Gasteiger partial charge on any atom is 0.291 e. The van der Waals surface area contributed by atoms with Gasteiger partial charge in [-0.1, -0.05) is 0 Å². The van der Waals surface area contributed by atoms with Crippen LogP contribution in [0.2, 0.25) is 0 Å². The summed E-state index contributed by atoms with van der Waals surface area (Å²) in [4.78, 5) is 33.0. The van der Waals surface area contributed by atoms with Crippen LogP contribution in [0.3, 0.4) is 0 Å². The van der Waals surface area contributed by atoms with Crippen molar-refractivity contribution in [1.82, 2.24) is 29.9 Å². The van der Waals surface area contributed by atoms with Crippen LogP contribution in [-0.4, -0.2) is 88.5 Å². The van der Waals surface area contributed by atoms with Gasteiger partial charge in [-0.25, -0.2) is 0 Å². The van der Waals surface area contributed by atoms with Gasteiger partial charge in [0.15, 0.2) is 0 Å². The number of likely N-dealkylation sites (N-methyl/N-ethyl adjacent to an activating group) is 1. The highest BCUT2D eigenvalue weighted by Gasteiger charge is 2.26. The highest BCUT2D eigenvalue weighted by Crippen LogP contribution is 2.07. The number of nitrogens with zero attached hydrogens (tertiary/aromatic N) is 5. The number of nitrogen functional groups attached to an aromatic ring is 1. The molecule has 110 valence electrons. The van der Waals surface area contributed by atoms with Crippen molar-refractivity contribution in [3.63, 3.8) is 0 Å². The number of amides is 2. The first kappa shape index (κ1) is 14.3. The molecule has 1 fully saturated rings. The molecule has 2 amide bonds. The van der Waals surface area contributed by atoms with E-state index in [1.807, 2.05) is 19.0 Å². The number of hydrogen-bond acceptors (Lipinski definition) is 6. The lowest BCUT2D eigenvalue weighted by molar-refractivity contribution is -0.133. The minimum atomic E-state index is -0.242. The van der Waals surface area contributed by atoms with Crippen molar-refractivity contribution in [3.8, 4) is 0 Å². The Labute approximate surface area is 116 Å². The third kappa shape index (κ3) is 3.23. The molecule has 1 aromatic heterocycles. The number of rotatable bonds is 3. The average molecular weight is 281 g/mol. The second-order valence-corrected chi connectivity index (χ2v) is 4.95. The number of carbonyl (C=O) groups excluding carboxylic acids is 2. The van der Waals surface area contributed by atoms with E-state index in [9.17, 15) is 9.59 Å². The van der Waals surface area contributed by atoms with Gasteiger partial charge in [0.05, 0.1) is 6.54 Å². The SMILES string of the molecule is CN(C)CC(=O)N1CCN(C(=O)c2nc(N)n[nH]2)CC1. The van der Waals surface area contributed by atoms with E-state index < -0.39 is 0 Å². The first-order valence-electron chi connectivity index (χ1n) is 6.37. The van der Waals surface area contributed by atoms with Gasteiger partial charge in [0, 0.05) is 26.2 Å². The largest absolute Gasteiger partial charge is 0.366 e. The van der Waals surface area contributed by atoms with Crippen LogP contribution in [-0.2, 0) is 4.79 Å². The Morgan fingerprint density at radius 1 is 1.25 bits per heavy atom. The molecule has 2 heterocycles. The van der Waals surface area contributed by atoms with Crippen molar-refractivity contribution in [2.45, 2.75) is 0 Å². The van der Waals surface area contributed by atoms with Crippen molar-refractivity contribution in [3.05, 3.63) is 5.82 Å². The molecular formula is C11H19N7O2. The molecule has 9 heteroatoms. The van der Waals surface area contributed by atoms with Crippen molar-refractivity contribution >= 4 is 17.8 Å². The monoisotopic (exact) mass is 281 g/mol. The van der Waals surface area contributed by atoms with Gasteiger partial charge in [-0.2, -0.15) is 4.98 Å². The molecule has 9 nitrogen and oxygen atoms in total. The van der Waals surface area contributed by atoms with Crippen molar-refractivity contribution < 1.29 is 9.59 Å². The quantitative estimate of drug-likeness (QED) is 0.678. The lowest BCUT2D eigenvalue weighted by Gasteiger charge is -2.34. The van der Waals surface area contributed by atoms with E-state index in [1.165, 1.54) is 0 Å². The topological polar surface area (TPSA) is 111 Å². The number of hydrogen-bond donors (Lipinski definition) is 2. The van der Waals surface area contributed by atoms with E-state index in [1.54, 1.807) is 9.80 Å². The number of carbonyl (C=O) groups is 2. The Bertz CT molecular complexity index is 491. The molecule has 1 aliphatic rings. The Hall–Kier alpha value is -2.16. The summed E-state index contributed by atoms with van der Waals surface area (Å²) < 4.78 is 0. The molecule has 0 unspecified atom stereocenters. The van der Waals surface area contributed by atoms with E-state index >= 15 is 0 Å². The second-order valence-electron chi connectivity index (χ2n) is 4.95. The van der Waals surface area contributed by atoms with E-state index in [0.29, 0.717) is 32.7 Å². The van der Waals surface area contributed by atoms with Gasteiger partial charge in [0.1, 0.15) is 0 Å². The first-order chi connectivity index (χ1) is 9.47. The Morgan fingerprint density at radius 2 is 1.85 bits per heavy atom. The lowest BCUT2D eigenvalue weighted by Crippen LogP contribution is -2.52. The Balaban J connectivity index is 1.88. The Kier molecular flexibility index (Phi) is 4.18. The van der Waals surface area contributed by atoms with Gasteiger partial charge in [-0.05, 0) is 14.1 Å². The van der Waals surface area contributed by atoms with E-state index in [4.69, 9.17) is 5.73 Å². The minimum Gasteiger partial charge on any atom is -0.366 e. The molecule has 0 atom stereocenters. The minimum absolute atomic E-state index is 0.0492.